The van der Waals surface area contributed by atoms with E-state index in [1.165, 1.54) is 10.6 Å². The smallest absolute Gasteiger partial charge is 0.183 e. The fourth-order valence-electron chi connectivity index (χ4n) is 1.06. The Labute approximate surface area is 83.7 Å². The normalized spacial score (nSPS) is 10.1. The van der Waals surface area contributed by atoms with Crippen LogP contribution in [0.1, 0.15) is 24.4 Å². The topological polar surface area (TPSA) is 24.9 Å². The summed E-state index contributed by atoms with van der Waals surface area (Å²) in [5.74, 6) is 0. The van der Waals surface area contributed by atoms with E-state index < -0.39 is 0 Å². The molecule has 0 fully saturated rings. The lowest BCUT2D eigenvalue weighted by Gasteiger charge is -1.99. The number of aryl methyl sites for hydroxylation is 2. The second-order valence-electron chi connectivity index (χ2n) is 3.19. The summed E-state index contributed by atoms with van der Waals surface area (Å²) in [5, 5.41) is 4.26. The van der Waals surface area contributed by atoms with Crippen molar-refractivity contribution in [3.63, 3.8) is 0 Å². The zero-order valence-corrected chi connectivity index (χ0v) is 9.29. The summed E-state index contributed by atoms with van der Waals surface area (Å²) < 4.78 is 0. The summed E-state index contributed by atoms with van der Waals surface area (Å²) in [6.45, 7) is 10.9. The molecule has 3 heteroatoms. The summed E-state index contributed by atoms with van der Waals surface area (Å²) >= 11 is 1.72. The van der Waals surface area contributed by atoms with Gasteiger partial charge in [0.05, 0.1) is 5.69 Å². The Bertz CT molecular complexity index is 302. The average Bonchev–Trinajstić information content (AvgIpc) is 2.43. The zero-order chi connectivity index (χ0) is 9.84. The van der Waals surface area contributed by atoms with E-state index >= 15 is 0 Å². The molecule has 13 heavy (non-hydrogen) atoms. The van der Waals surface area contributed by atoms with Gasteiger partial charge in [-0.2, -0.15) is 0 Å². The monoisotopic (exact) mass is 196 g/mol. The molecule has 0 bridgehead atoms. The van der Waals surface area contributed by atoms with Gasteiger partial charge in [0.25, 0.3) is 0 Å². The van der Waals surface area contributed by atoms with Gasteiger partial charge in [0.15, 0.2) is 5.13 Å². The maximum atomic E-state index is 4.47. The van der Waals surface area contributed by atoms with Crippen LogP contribution in [0.4, 0.5) is 5.13 Å². The lowest BCUT2D eigenvalue weighted by atomic mass is 10.3. The van der Waals surface area contributed by atoms with Crippen LogP contribution < -0.4 is 5.32 Å². The quantitative estimate of drug-likeness (QED) is 0.749. The van der Waals surface area contributed by atoms with Crippen LogP contribution in [0, 0.1) is 6.92 Å². The van der Waals surface area contributed by atoms with Gasteiger partial charge in [-0.25, -0.2) is 4.98 Å². The Kier molecular flexibility index (Phi) is 3.48. The van der Waals surface area contributed by atoms with Gasteiger partial charge in [-0.15, -0.1) is 11.3 Å². The summed E-state index contributed by atoms with van der Waals surface area (Å²) in [6.07, 6.45) is 1.01. The number of thiazole rings is 1. The molecule has 0 aliphatic carbocycles. The Hall–Kier alpha value is -0.830. The van der Waals surface area contributed by atoms with E-state index in [2.05, 4.69) is 30.7 Å². The minimum Gasteiger partial charge on any atom is -0.358 e. The predicted molar refractivity (Wildman–Crippen MR) is 59.5 cm³/mol. The highest BCUT2D eigenvalue weighted by atomic mass is 32.1. The molecule has 0 atom stereocenters. The Morgan fingerprint density at radius 2 is 2.31 bits per heavy atom. The number of hydrogen-bond acceptors (Lipinski definition) is 3. The van der Waals surface area contributed by atoms with Crippen molar-refractivity contribution in [3.05, 3.63) is 22.7 Å². The predicted octanol–water partition coefficient (Wildman–Crippen LogP) is 3.00. The van der Waals surface area contributed by atoms with Gasteiger partial charge < -0.3 is 5.32 Å². The molecule has 0 amide bonds. The summed E-state index contributed by atoms with van der Waals surface area (Å²) in [7, 11) is 0. The Balaban J connectivity index is 2.62. The van der Waals surface area contributed by atoms with E-state index in [1.807, 2.05) is 6.92 Å². The van der Waals surface area contributed by atoms with Crippen LogP contribution in [-0.4, -0.2) is 11.5 Å². The van der Waals surface area contributed by atoms with Gasteiger partial charge in [-0.05, 0) is 20.3 Å². The fourth-order valence-corrected chi connectivity index (χ4v) is 1.96. The van der Waals surface area contributed by atoms with Gasteiger partial charge >= 0.3 is 0 Å². The standard InChI is InChI=1S/C10H16N2S/c1-5-9-8(4)13-10(12-9)11-6-7(2)3/h2,5-6H2,1,3-4H3,(H,11,12). The number of hydrogen-bond donors (Lipinski definition) is 1. The molecule has 2 nitrogen and oxygen atoms in total. The molecule has 1 N–H and O–H groups in total. The van der Waals surface area contributed by atoms with Crippen LogP contribution in [0.5, 0.6) is 0 Å². The van der Waals surface area contributed by atoms with Gasteiger partial charge in [0.1, 0.15) is 0 Å². The molecule has 0 saturated carbocycles. The zero-order valence-electron chi connectivity index (χ0n) is 8.48. The molecule has 1 aromatic heterocycles. The van der Waals surface area contributed by atoms with E-state index in [0.717, 1.165) is 23.7 Å². The molecule has 1 heterocycles. The minimum atomic E-state index is 0.816. The summed E-state index contributed by atoms with van der Waals surface area (Å²) in [5.41, 5.74) is 2.33. The number of rotatable bonds is 4. The first-order valence-electron chi connectivity index (χ1n) is 4.48. The van der Waals surface area contributed by atoms with Crippen molar-refractivity contribution in [2.24, 2.45) is 0 Å². The molecular weight excluding hydrogens is 180 g/mol. The maximum Gasteiger partial charge on any atom is 0.183 e. The molecule has 72 valence electrons. The summed E-state index contributed by atoms with van der Waals surface area (Å²) in [6, 6.07) is 0. The van der Waals surface area contributed by atoms with Crippen molar-refractivity contribution in [2.45, 2.75) is 27.2 Å². The van der Waals surface area contributed by atoms with Crippen molar-refractivity contribution in [3.8, 4) is 0 Å². The van der Waals surface area contributed by atoms with Gasteiger partial charge in [0.2, 0.25) is 0 Å². The van der Waals surface area contributed by atoms with Crippen LogP contribution in [-0.2, 0) is 6.42 Å². The summed E-state index contributed by atoms with van der Waals surface area (Å²) in [4.78, 5) is 5.78. The van der Waals surface area contributed by atoms with Crippen molar-refractivity contribution in [1.82, 2.24) is 4.98 Å². The van der Waals surface area contributed by atoms with Crippen LogP contribution in [0.25, 0.3) is 0 Å². The average molecular weight is 196 g/mol. The first-order valence-corrected chi connectivity index (χ1v) is 5.29. The fraction of sp³-hybridized carbons (Fsp3) is 0.500. The third-order valence-corrected chi connectivity index (χ3v) is 2.74. The van der Waals surface area contributed by atoms with Crippen molar-refractivity contribution in [2.75, 3.05) is 11.9 Å². The highest BCUT2D eigenvalue weighted by Gasteiger charge is 2.04. The number of nitrogens with one attached hydrogen (secondary N) is 1. The molecule has 0 aromatic carbocycles. The Morgan fingerprint density at radius 1 is 1.62 bits per heavy atom. The lowest BCUT2D eigenvalue weighted by Crippen LogP contribution is -2.01. The van der Waals surface area contributed by atoms with E-state index in [-0.39, 0.29) is 0 Å². The molecular formula is C10H16N2S. The minimum absolute atomic E-state index is 0.816. The molecule has 0 aliphatic heterocycles. The van der Waals surface area contributed by atoms with Crippen molar-refractivity contribution < 1.29 is 0 Å². The molecule has 0 spiro atoms. The van der Waals surface area contributed by atoms with Crippen LogP contribution in [0.3, 0.4) is 0 Å². The molecule has 0 aliphatic rings. The number of anilines is 1. The number of nitrogens with zero attached hydrogens (tertiary/aromatic N) is 1. The number of aromatic nitrogens is 1. The molecule has 0 unspecified atom stereocenters. The maximum absolute atomic E-state index is 4.47. The first-order chi connectivity index (χ1) is 6.13. The van der Waals surface area contributed by atoms with Crippen molar-refractivity contribution in [1.29, 1.82) is 0 Å². The highest BCUT2D eigenvalue weighted by Crippen LogP contribution is 2.22. The third-order valence-electron chi connectivity index (χ3n) is 1.77. The van der Waals surface area contributed by atoms with Gasteiger partial charge in [0, 0.05) is 11.4 Å². The van der Waals surface area contributed by atoms with E-state index in [1.54, 1.807) is 11.3 Å². The SMILES string of the molecule is C=C(C)CNc1nc(CC)c(C)s1. The second kappa shape index (κ2) is 4.42. The van der Waals surface area contributed by atoms with Crippen LogP contribution in [0.2, 0.25) is 0 Å². The molecule has 1 aromatic rings. The molecule has 1 rings (SSSR count). The Morgan fingerprint density at radius 3 is 2.77 bits per heavy atom. The van der Waals surface area contributed by atoms with E-state index in [9.17, 15) is 0 Å². The van der Waals surface area contributed by atoms with Gasteiger partial charge in [-0.3, -0.25) is 0 Å². The van der Waals surface area contributed by atoms with E-state index in [4.69, 9.17) is 0 Å². The van der Waals surface area contributed by atoms with Gasteiger partial charge in [-0.1, -0.05) is 19.1 Å². The second-order valence-corrected chi connectivity index (χ2v) is 4.39. The molecule has 0 radical (unpaired) electrons. The third kappa shape index (κ3) is 2.84. The van der Waals surface area contributed by atoms with Crippen LogP contribution in [0.15, 0.2) is 12.2 Å². The lowest BCUT2D eigenvalue weighted by molar-refractivity contribution is 1.04. The highest BCUT2D eigenvalue weighted by molar-refractivity contribution is 7.15. The first kappa shape index (κ1) is 10.3. The van der Waals surface area contributed by atoms with Crippen molar-refractivity contribution >= 4 is 16.5 Å². The molecule has 0 saturated heterocycles. The van der Waals surface area contributed by atoms with E-state index in [0.29, 0.717) is 0 Å². The van der Waals surface area contributed by atoms with Crippen LogP contribution >= 0.6 is 11.3 Å². The largest absolute Gasteiger partial charge is 0.358 e.